The minimum atomic E-state index is -0.123. The van der Waals surface area contributed by atoms with E-state index in [1.807, 2.05) is 33.1 Å². The van der Waals surface area contributed by atoms with Crippen molar-refractivity contribution in [2.24, 2.45) is 0 Å². The lowest BCUT2D eigenvalue weighted by atomic mass is 9.92. The van der Waals surface area contributed by atoms with Gasteiger partial charge in [0.05, 0.1) is 12.1 Å². The molecule has 0 saturated heterocycles. The molecule has 0 fully saturated rings. The molecule has 0 aliphatic heterocycles. The van der Waals surface area contributed by atoms with Gasteiger partial charge in [0.1, 0.15) is 10.8 Å². The Kier molecular flexibility index (Phi) is 3.34. The zero-order chi connectivity index (χ0) is 13.3. The molecule has 1 N–H and O–H groups in total. The molecule has 2 aromatic heterocycles. The Morgan fingerprint density at radius 3 is 2.61 bits per heavy atom. The first-order valence-electron chi connectivity index (χ1n) is 5.86. The summed E-state index contributed by atoms with van der Waals surface area (Å²) in [5.41, 5.74) is 1.60. The van der Waals surface area contributed by atoms with E-state index in [9.17, 15) is 4.79 Å². The van der Waals surface area contributed by atoms with Crippen LogP contribution < -0.4 is 5.56 Å². The number of hydrogen-bond donors (Lipinski definition) is 1. The molecule has 0 saturated carbocycles. The van der Waals surface area contributed by atoms with Crippen molar-refractivity contribution in [2.45, 2.75) is 39.5 Å². The summed E-state index contributed by atoms with van der Waals surface area (Å²) >= 11 is 1.59. The molecule has 2 rings (SSSR count). The molecule has 0 unspecified atom stereocenters. The average Bonchev–Trinajstić information content (AvgIpc) is 2.61. The van der Waals surface area contributed by atoms with Crippen LogP contribution in [0.3, 0.4) is 0 Å². The molecular formula is C13H17N3OS. The zero-order valence-corrected chi connectivity index (χ0v) is 11.9. The molecule has 18 heavy (non-hydrogen) atoms. The van der Waals surface area contributed by atoms with Gasteiger partial charge < -0.3 is 4.98 Å². The van der Waals surface area contributed by atoms with Gasteiger partial charge in [0.2, 0.25) is 0 Å². The number of nitrogens with zero attached hydrogens (tertiary/aromatic N) is 2. The predicted octanol–water partition coefficient (Wildman–Crippen LogP) is 2.42. The molecular weight excluding hydrogens is 246 g/mol. The molecule has 2 aromatic rings. The Balaban J connectivity index is 2.34. The van der Waals surface area contributed by atoms with Gasteiger partial charge in [-0.3, -0.25) is 4.79 Å². The summed E-state index contributed by atoms with van der Waals surface area (Å²) in [6, 6.07) is 1.57. The van der Waals surface area contributed by atoms with Crippen molar-refractivity contribution in [3.63, 3.8) is 0 Å². The van der Waals surface area contributed by atoms with Gasteiger partial charge in [-0.25, -0.2) is 9.97 Å². The maximum Gasteiger partial charge on any atom is 0.251 e. The Hall–Kier alpha value is -1.49. The van der Waals surface area contributed by atoms with E-state index in [-0.39, 0.29) is 11.0 Å². The van der Waals surface area contributed by atoms with Gasteiger partial charge in [-0.2, -0.15) is 0 Å². The monoisotopic (exact) mass is 263 g/mol. The minimum Gasteiger partial charge on any atom is -0.310 e. The van der Waals surface area contributed by atoms with E-state index in [4.69, 9.17) is 0 Å². The molecule has 0 amide bonds. The highest BCUT2D eigenvalue weighted by atomic mass is 32.1. The van der Waals surface area contributed by atoms with E-state index in [1.165, 1.54) is 0 Å². The summed E-state index contributed by atoms with van der Waals surface area (Å²) < 4.78 is 0. The average molecular weight is 263 g/mol. The first-order chi connectivity index (χ1) is 8.34. The Morgan fingerprint density at radius 2 is 2.06 bits per heavy atom. The fourth-order valence-electron chi connectivity index (χ4n) is 1.60. The van der Waals surface area contributed by atoms with Crippen molar-refractivity contribution in [3.05, 3.63) is 44.0 Å². The van der Waals surface area contributed by atoms with Gasteiger partial charge in [-0.15, -0.1) is 11.3 Å². The molecule has 4 nitrogen and oxygen atoms in total. The van der Waals surface area contributed by atoms with Crippen LogP contribution in [-0.2, 0) is 11.8 Å². The van der Waals surface area contributed by atoms with Crippen LogP contribution in [0.4, 0.5) is 0 Å². The third-order valence-electron chi connectivity index (χ3n) is 2.54. The molecule has 0 aliphatic carbocycles. The maximum atomic E-state index is 11.6. The minimum absolute atomic E-state index is 0.0989. The summed E-state index contributed by atoms with van der Waals surface area (Å²) in [5.74, 6) is 0.682. The first kappa shape index (κ1) is 13.0. The van der Waals surface area contributed by atoms with E-state index in [0.29, 0.717) is 12.2 Å². The van der Waals surface area contributed by atoms with Gasteiger partial charge in [0, 0.05) is 22.6 Å². The van der Waals surface area contributed by atoms with Crippen molar-refractivity contribution < 1.29 is 0 Å². The molecule has 0 atom stereocenters. The van der Waals surface area contributed by atoms with Crippen molar-refractivity contribution in [2.75, 3.05) is 0 Å². The molecule has 0 aliphatic rings. The zero-order valence-electron chi connectivity index (χ0n) is 11.1. The SMILES string of the molecule is Cc1csc(Cc2nc(C(C)(C)C)cc(=O)[nH]2)n1. The molecule has 0 bridgehead atoms. The van der Waals surface area contributed by atoms with Gasteiger partial charge >= 0.3 is 0 Å². The lowest BCUT2D eigenvalue weighted by Crippen LogP contribution is -2.21. The molecule has 0 radical (unpaired) electrons. The fraction of sp³-hybridized carbons (Fsp3) is 0.462. The second-order valence-electron chi connectivity index (χ2n) is 5.39. The smallest absolute Gasteiger partial charge is 0.251 e. The van der Waals surface area contributed by atoms with Crippen LogP contribution in [0.1, 0.15) is 43.0 Å². The van der Waals surface area contributed by atoms with Crippen LogP contribution in [0.2, 0.25) is 0 Å². The number of thiazole rings is 1. The summed E-state index contributed by atoms with van der Waals surface area (Å²) in [7, 11) is 0. The number of aromatic amines is 1. The van der Waals surface area contributed by atoms with Crippen LogP contribution in [-0.4, -0.2) is 15.0 Å². The van der Waals surface area contributed by atoms with Gasteiger partial charge in [0.15, 0.2) is 0 Å². The Morgan fingerprint density at radius 1 is 1.33 bits per heavy atom. The number of H-pyrrole nitrogens is 1. The van der Waals surface area contributed by atoms with Crippen LogP contribution >= 0.6 is 11.3 Å². The summed E-state index contributed by atoms with van der Waals surface area (Å²) in [6.07, 6.45) is 0.581. The van der Waals surface area contributed by atoms with Gasteiger partial charge in [-0.1, -0.05) is 20.8 Å². The molecule has 0 spiro atoms. The second kappa shape index (κ2) is 4.65. The number of nitrogens with one attached hydrogen (secondary N) is 1. The maximum absolute atomic E-state index is 11.6. The summed E-state index contributed by atoms with van der Waals surface area (Å²) in [4.78, 5) is 23.3. The van der Waals surface area contributed by atoms with E-state index in [0.717, 1.165) is 16.4 Å². The second-order valence-corrected chi connectivity index (χ2v) is 6.33. The highest BCUT2D eigenvalue weighted by molar-refractivity contribution is 7.09. The highest BCUT2D eigenvalue weighted by Crippen LogP contribution is 2.19. The largest absolute Gasteiger partial charge is 0.310 e. The van der Waals surface area contributed by atoms with Crippen LogP contribution in [0.25, 0.3) is 0 Å². The number of hydrogen-bond acceptors (Lipinski definition) is 4. The van der Waals surface area contributed by atoms with Crippen LogP contribution in [0.5, 0.6) is 0 Å². The summed E-state index contributed by atoms with van der Waals surface area (Å²) in [6.45, 7) is 8.10. The van der Waals surface area contributed by atoms with Crippen molar-refractivity contribution in [1.82, 2.24) is 15.0 Å². The third kappa shape index (κ3) is 3.04. The van der Waals surface area contributed by atoms with Crippen molar-refractivity contribution in [1.29, 1.82) is 0 Å². The number of rotatable bonds is 2. The standard InChI is InChI=1S/C13H17N3OS/c1-8-7-18-12(14-8)6-10-15-9(13(2,3)4)5-11(17)16-10/h5,7H,6H2,1-4H3,(H,15,16,17). The first-order valence-corrected chi connectivity index (χ1v) is 6.74. The van der Waals surface area contributed by atoms with Gasteiger partial charge in [-0.05, 0) is 6.92 Å². The number of aromatic nitrogens is 3. The fourth-order valence-corrected chi connectivity index (χ4v) is 2.38. The summed E-state index contributed by atoms with van der Waals surface area (Å²) in [5, 5.41) is 2.97. The van der Waals surface area contributed by atoms with E-state index in [1.54, 1.807) is 17.4 Å². The third-order valence-corrected chi connectivity index (χ3v) is 3.51. The number of aryl methyl sites for hydroxylation is 1. The Labute approximate surface area is 110 Å². The molecule has 0 aromatic carbocycles. The highest BCUT2D eigenvalue weighted by Gasteiger charge is 2.17. The lowest BCUT2D eigenvalue weighted by Gasteiger charge is -2.17. The topological polar surface area (TPSA) is 58.6 Å². The van der Waals surface area contributed by atoms with E-state index >= 15 is 0 Å². The van der Waals surface area contributed by atoms with Crippen molar-refractivity contribution in [3.8, 4) is 0 Å². The lowest BCUT2D eigenvalue weighted by molar-refractivity contribution is 0.561. The van der Waals surface area contributed by atoms with Gasteiger partial charge in [0.25, 0.3) is 5.56 Å². The normalized spacial score (nSPS) is 11.8. The van der Waals surface area contributed by atoms with Crippen LogP contribution in [0, 0.1) is 6.92 Å². The van der Waals surface area contributed by atoms with Crippen molar-refractivity contribution >= 4 is 11.3 Å². The predicted molar refractivity (Wildman–Crippen MR) is 73.2 cm³/mol. The van der Waals surface area contributed by atoms with E-state index in [2.05, 4.69) is 15.0 Å². The molecule has 96 valence electrons. The quantitative estimate of drug-likeness (QED) is 0.905. The Bertz CT molecular complexity index is 607. The van der Waals surface area contributed by atoms with E-state index < -0.39 is 0 Å². The molecule has 2 heterocycles. The van der Waals surface area contributed by atoms with Crippen LogP contribution in [0.15, 0.2) is 16.2 Å². The molecule has 5 heteroatoms.